The lowest BCUT2D eigenvalue weighted by molar-refractivity contribution is 0.0917. The minimum absolute atomic E-state index is 0.118. The molecule has 1 amide bonds. The van der Waals surface area contributed by atoms with Crippen LogP contribution in [0, 0.1) is 6.92 Å². The van der Waals surface area contributed by atoms with Crippen LogP contribution >= 0.6 is 0 Å². The summed E-state index contributed by atoms with van der Waals surface area (Å²) >= 11 is 0. The molecule has 0 atom stereocenters. The maximum Gasteiger partial charge on any atom is 0.251 e. The number of nitrogens with two attached hydrogens (primary N) is 1. The van der Waals surface area contributed by atoms with Gasteiger partial charge in [-0.1, -0.05) is 12.1 Å². The van der Waals surface area contributed by atoms with E-state index in [0.29, 0.717) is 31.0 Å². The van der Waals surface area contributed by atoms with Gasteiger partial charge in [-0.2, -0.15) is 0 Å². The molecule has 1 aromatic rings. The van der Waals surface area contributed by atoms with Gasteiger partial charge in [-0.15, -0.1) is 6.58 Å². The highest BCUT2D eigenvalue weighted by Crippen LogP contribution is 2.12. The van der Waals surface area contributed by atoms with E-state index in [1.165, 1.54) is 0 Å². The Morgan fingerprint density at radius 3 is 3.00 bits per heavy atom. The van der Waals surface area contributed by atoms with E-state index in [-0.39, 0.29) is 5.91 Å². The van der Waals surface area contributed by atoms with Crippen molar-refractivity contribution in [2.75, 3.05) is 25.5 Å². The second-order valence-electron chi connectivity index (χ2n) is 4.02. The molecular formula is C14H20N2O2. The Morgan fingerprint density at radius 2 is 2.28 bits per heavy atom. The van der Waals surface area contributed by atoms with E-state index < -0.39 is 0 Å². The minimum Gasteiger partial charge on any atom is -0.399 e. The van der Waals surface area contributed by atoms with Crippen LogP contribution in [0.2, 0.25) is 0 Å². The monoisotopic (exact) mass is 248 g/mol. The van der Waals surface area contributed by atoms with E-state index in [1.54, 1.807) is 18.2 Å². The number of rotatable bonds is 7. The van der Waals surface area contributed by atoms with Crippen molar-refractivity contribution in [3.63, 3.8) is 0 Å². The SMILES string of the molecule is C=CCCOCCNC(=O)c1cc(N)ccc1C. The zero-order valence-electron chi connectivity index (χ0n) is 10.7. The molecule has 0 saturated heterocycles. The number of benzene rings is 1. The Morgan fingerprint density at radius 1 is 1.50 bits per heavy atom. The van der Waals surface area contributed by atoms with Gasteiger partial charge < -0.3 is 15.8 Å². The van der Waals surface area contributed by atoms with Crippen LogP contribution in [0.15, 0.2) is 30.9 Å². The van der Waals surface area contributed by atoms with Crippen LogP contribution in [0.5, 0.6) is 0 Å². The van der Waals surface area contributed by atoms with Crippen molar-refractivity contribution in [3.05, 3.63) is 42.0 Å². The summed E-state index contributed by atoms with van der Waals surface area (Å²) in [5, 5.41) is 2.80. The maximum absolute atomic E-state index is 11.9. The topological polar surface area (TPSA) is 64.3 Å². The third-order valence-corrected chi connectivity index (χ3v) is 2.50. The number of hydrogen-bond acceptors (Lipinski definition) is 3. The third kappa shape index (κ3) is 4.59. The zero-order valence-corrected chi connectivity index (χ0v) is 10.7. The Hall–Kier alpha value is -1.81. The summed E-state index contributed by atoms with van der Waals surface area (Å²) in [6.45, 7) is 7.11. The molecule has 0 radical (unpaired) electrons. The van der Waals surface area contributed by atoms with Crippen molar-refractivity contribution < 1.29 is 9.53 Å². The predicted molar refractivity (Wildman–Crippen MR) is 73.6 cm³/mol. The molecule has 98 valence electrons. The van der Waals surface area contributed by atoms with Crippen LogP contribution in [-0.2, 0) is 4.74 Å². The molecule has 0 saturated carbocycles. The molecule has 0 spiro atoms. The zero-order chi connectivity index (χ0) is 13.4. The normalized spacial score (nSPS) is 10.1. The molecule has 0 aliphatic rings. The van der Waals surface area contributed by atoms with Gasteiger partial charge in [0.2, 0.25) is 0 Å². The lowest BCUT2D eigenvalue weighted by Gasteiger charge is -2.08. The van der Waals surface area contributed by atoms with Crippen LogP contribution in [0.3, 0.4) is 0 Å². The first-order chi connectivity index (χ1) is 8.65. The number of anilines is 1. The van der Waals surface area contributed by atoms with Crippen LogP contribution in [0.4, 0.5) is 5.69 Å². The molecule has 4 nitrogen and oxygen atoms in total. The van der Waals surface area contributed by atoms with E-state index in [2.05, 4.69) is 11.9 Å². The van der Waals surface area contributed by atoms with Gasteiger partial charge in [0, 0.05) is 17.8 Å². The average Bonchev–Trinajstić information content (AvgIpc) is 2.36. The highest BCUT2D eigenvalue weighted by atomic mass is 16.5. The first kappa shape index (κ1) is 14.3. The Labute approximate surface area is 108 Å². The molecule has 0 unspecified atom stereocenters. The van der Waals surface area contributed by atoms with Gasteiger partial charge >= 0.3 is 0 Å². The Balaban J connectivity index is 2.36. The summed E-state index contributed by atoms with van der Waals surface area (Å²) < 4.78 is 5.30. The second-order valence-corrected chi connectivity index (χ2v) is 4.02. The molecule has 1 rings (SSSR count). The van der Waals surface area contributed by atoms with Gasteiger partial charge in [-0.25, -0.2) is 0 Å². The summed E-state index contributed by atoms with van der Waals surface area (Å²) in [6, 6.07) is 5.30. The molecule has 0 heterocycles. The van der Waals surface area contributed by atoms with Crippen LogP contribution in [-0.4, -0.2) is 25.7 Å². The third-order valence-electron chi connectivity index (χ3n) is 2.50. The number of carbonyl (C=O) groups excluding carboxylic acids is 1. The van der Waals surface area contributed by atoms with Crippen molar-refractivity contribution in [1.29, 1.82) is 0 Å². The van der Waals surface area contributed by atoms with E-state index in [4.69, 9.17) is 10.5 Å². The minimum atomic E-state index is -0.118. The number of carbonyl (C=O) groups is 1. The summed E-state index contributed by atoms with van der Waals surface area (Å²) in [7, 11) is 0. The molecule has 0 fully saturated rings. The highest BCUT2D eigenvalue weighted by Gasteiger charge is 2.08. The molecule has 1 aromatic carbocycles. The number of nitrogens with one attached hydrogen (secondary N) is 1. The van der Waals surface area contributed by atoms with E-state index >= 15 is 0 Å². The number of aryl methyl sites for hydroxylation is 1. The fraction of sp³-hybridized carbons (Fsp3) is 0.357. The largest absolute Gasteiger partial charge is 0.399 e. The quantitative estimate of drug-likeness (QED) is 0.440. The standard InChI is InChI=1S/C14H20N2O2/c1-3-4-8-18-9-7-16-14(17)13-10-12(15)6-5-11(13)2/h3,5-6,10H,1,4,7-9,15H2,2H3,(H,16,17). The summed E-state index contributed by atoms with van der Waals surface area (Å²) in [4.78, 5) is 11.9. The van der Waals surface area contributed by atoms with Crippen molar-refractivity contribution in [2.24, 2.45) is 0 Å². The van der Waals surface area contributed by atoms with Crippen LogP contribution in [0.1, 0.15) is 22.3 Å². The molecule has 0 aliphatic heterocycles. The Kier molecular flexibility index (Phi) is 5.94. The lowest BCUT2D eigenvalue weighted by atomic mass is 10.1. The van der Waals surface area contributed by atoms with Crippen molar-refractivity contribution in [3.8, 4) is 0 Å². The Bertz CT molecular complexity index is 416. The predicted octanol–water partition coefficient (Wildman–Crippen LogP) is 1.90. The van der Waals surface area contributed by atoms with E-state index in [9.17, 15) is 4.79 Å². The first-order valence-corrected chi connectivity index (χ1v) is 5.98. The highest BCUT2D eigenvalue weighted by molar-refractivity contribution is 5.96. The van der Waals surface area contributed by atoms with Crippen molar-refractivity contribution in [1.82, 2.24) is 5.32 Å². The van der Waals surface area contributed by atoms with Gasteiger partial charge in [-0.3, -0.25) is 4.79 Å². The number of ether oxygens (including phenoxy) is 1. The van der Waals surface area contributed by atoms with Crippen LogP contribution < -0.4 is 11.1 Å². The van der Waals surface area contributed by atoms with Crippen LogP contribution in [0.25, 0.3) is 0 Å². The van der Waals surface area contributed by atoms with Gasteiger partial charge in [0.15, 0.2) is 0 Å². The van der Waals surface area contributed by atoms with Gasteiger partial charge in [-0.05, 0) is 31.0 Å². The lowest BCUT2D eigenvalue weighted by Crippen LogP contribution is -2.28. The summed E-state index contributed by atoms with van der Waals surface area (Å²) in [5.41, 5.74) is 7.78. The summed E-state index contributed by atoms with van der Waals surface area (Å²) in [5.74, 6) is -0.118. The fourth-order valence-electron chi connectivity index (χ4n) is 1.48. The smallest absolute Gasteiger partial charge is 0.251 e. The van der Waals surface area contributed by atoms with Gasteiger partial charge in [0.05, 0.1) is 13.2 Å². The van der Waals surface area contributed by atoms with Crippen molar-refractivity contribution >= 4 is 11.6 Å². The average molecular weight is 248 g/mol. The number of hydrogen-bond donors (Lipinski definition) is 2. The second kappa shape index (κ2) is 7.50. The van der Waals surface area contributed by atoms with Crippen molar-refractivity contribution in [2.45, 2.75) is 13.3 Å². The fourth-order valence-corrected chi connectivity index (χ4v) is 1.48. The van der Waals surface area contributed by atoms with E-state index in [1.807, 2.05) is 13.0 Å². The molecule has 0 aromatic heterocycles. The van der Waals surface area contributed by atoms with E-state index in [0.717, 1.165) is 12.0 Å². The summed E-state index contributed by atoms with van der Waals surface area (Å²) in [6.07, 6.45) is 2.62. The van der Waals surface area contributed by atoms with Gasteiger partial charge in [0.25, 0.3) is 5.91 Å². The molecule has 3 N–H and O–H groups in total. The molecule has 0 aliphatic carbocycles. The molecule has 4 heteroatoms. The van der Waals surface area contributed by atoms with Gasteiger partial charge in [0.1, 0.15) is 0 Å². The molecular weight excluding hydrogens is 228 g/mol. The number of nitrogen functional groups attached to an aromatic ring is 1. The molecule has 18 heavy (non-hydrogen) atoms. The molecule has 0 bridgehead atoms. The number of amides is 1. The first-order valence-electron chi connectivity index (χ1n) is 5.98. The maximum atomic E-state index is 11.9.